The van der Waals surface area contributed by atoms with E-state index in [4.69, 9.17) is 4.74 Å². The van der Waals surface area contributed by atoms with Crippen molar-refractivity contribution in [3.63, 3.8) is 0 Å². The number of carbonyl (C=O) groups excluding carboxylic acids is 2. The van der Waals surface area contributed by atoms with E-state index in [9.17, 15) is 9.59 Å². The number of rotatable bonds is 8. The molecule has 1 aliphatic rings. The zero-order valence-electron chi connectivity index (χ0n) is 21.4. The lowest BCUT2D eigenvalue weighted by molar-refractivity contribution is 0.0383. The molecule has 4 aromatic rings. The third kappa shape index (κ3) is 6.34. The Hall–Kier alpha value is -4.27. The van der Waals surface area contributed by atoms with Crippen LogP contribution in [0.1, 0.15) is 32.0 Å². The molecule has 3 heterocycles. The van der Waals surface area contributed by atoms with Crippen LogP contribution in [0.4, 0.5) is 5.69 Å². The Morgan fingerprint density at radius 1 is 0.974 bits per heavy atom. The van der Waals surface area contributed by atoms with Crippen molar-refractivity contribution in [3.8, 4) is 0 Å². The molecule has 0 unspecified atom stereocenters. The van der Waals surface area contributed by atoms with Crippen LogP contribution in [0.25, 0.3) is 23.1 Å². The van der Waals surface area contributed by atoms with Crippen LogP contribution in [-0.4, -0.2) is 65.7 Å². The Kier molecular flexibility index (Phi) is 7.92. The fourth-order valence-corrected chi connectivity index (χ4v) is 4.42. The number of pyridine rings is 1. The lowest BCUT2D eigenvalue weighted by Gasteiger charge is -2.26. The number of aryl methyl sites for hydroxylation is 1. The molecule has 2 N–H and O–H groups in total. The van der Waals surface area contributed by atoms with Crippen molar-refractivity contribution in [1.82, 2.24) is 19.8 Å². The van der Waals surface area contributed by atoms with Crippen molar-refractivity contribution in [2.45, 2.75) is 0 Å². The minimum atomic E-state index is -0.232. The van der Waals surface area contributed by atoms with Crippen LogP contribution in [0, 0.1) is 0 Å². The third-order valence-corrected chi connectivity index (χ3v) is 6.57. The number of hydrogen-bond acceptors (Lipinski definition) is 5. The maximum Gasteiger partial charge on any atom is 0.268 e. The number of ether oxygens (including phenoxy) is 1. The molecule has 1 saturated heterocycles. The Morgan fingerprint density at radius 2 is 1.74 bits per heavy atom. The van der Waals surface area contributed by atoms with E-state index in [1.54, 1.807) is 36.0 Å². The van der Waals surface area contributed by atoms with Gasteiger partial charge in [-0.2, -0.15) is 0 Å². The molecule has 8 nitrogen and oxygen atoms in total. The molecule has 194 valence electrons. The second kappa shape index (κ2) is 11.9. The number of anilines is 1. The molecule has 0 atom stereocenters. The van der Waals surface area contributed by atoms with Crippen molar-refractivity contribution < 1.29 is 14.3 Å². The van der Waals surface area contributed by atoms with E-state index in [0.717, 1.165) is 54.9 Å². The monoisotopic (exact) mass is 509 g/mol. The van der Waals surface area contributed by atoms with Crippen LogP contribution in [0.5, 0.6) is 0 Å². The van der Waals surface area contributed by atoms with Gasteiger partial charge in [0, 0.05) is 56.6 Å². The summed E-state index contributed by atoms with van der Waals surface area (Å²) in [5, 5.41) is 6.94. The van der Waals surface area contributed by atoms with Gasteiger partial charge in [0.15, 0.2) is 0 Å². The first-order valence-corrected chi connectivity index (χ1v) is 12.7. The summed E-state index contributed by atoms with van der Waals surface area (Å²) in [6.45, 7) is 4.58. The molecule has 5 rings (SSSR count). The van der Waals surface area contributed by atoms with Gasteiger partial charge in [0.1, 0.15) is 5.69 Å². The lowest BCUT2D eigenvalue weighted by Crippen LogP contribution is -2.41. The Bertz CT molecular complexity index is 1450. The summed E-state index contributed by atoms with van der Waals surface area (Å²) >= 11 is 0. The van der Waals surface area contributed by atoms with Crippen molar-refractivity contribution in [3.05, 3.63) is 95.4 Å². The molecule has 0 spiro atoms. The van der Waals surface area contributed by atoms with Crippen molar-refractivity contribution >= 4 is 40.6 Å². The predicted molar refractivity (Wildman–Crippen MR) is 150 cm³/mol. The quantitative estimate of drug-likeness (QED) is 0.374. The molecule has 0 radical (unpaired) electrons. The van der Waals surface area contributed by atoms with Gasteiger partial charge in [0.2, 0.25) is 0 Å². The zero-order chi connectivity index (χ0) is 26.3. The van der Waals surface area contributed by atoms with Gasteiger partial charge in [-0.15, -0.1) is 0 Å². The van der Waals surface area contributed by atoms with Gasteiger partial charge in [0.05, 0.1) is 24.4 Å². The average Bonchev–Trinajstić information content (AvgIpc) is 3.32. The predicted octanol–water partition coefficient (Wildman–Crippen LogP) is 4.06. The number of morpholine rings is 1. The number of nitrogens with one attached hydrogen (secondary N) is 2. The normalized spacial score (nSPS) is 14.1. The van der Waals surface area contributed by atoms with Gasteiger partial charge < -0.3 is 19.9 Å². The van der Waals surface area contributed by atoms with E-state index in [1.165, 1.54) is 0 Å². The molecular formula is C30H31N5O3. The highest BCUT2D eigenvalue weighted by Crippen LogP contribution is 2.17. The van der Waals surface area contributed by atoms with Crippen LogP contribution in [-0.2, 0) is 11.8 Å². The van der Waals surface area contributed by atoms with Gasteiger partial charge in [0.25, 0.3) is 11.8 Å². The second-order valence-corrected chi connectivity index (χ2v) is 9.31. The van der Waals surface area contributed by atoms with E-state index < -0.39 is 0 Å². The Balaban J connectivity index is 1.15. The largest absolute Gasteiger partial charge is 0.379 e. The number of para-hydroxylation sites is 1. The molecule has 2 aromatic heterocycles. The molecule has 2 aromatic carbocycles. The number of carbonyl (C=O) groups is 2. The fraction of sp³-hybridized carbons (Fsp3) is 0.233. The highest BCUT2D eigenvalue weighted by atomic mass is 16.5. The topological polar surface area (TPSA) is 88.5 Å². The number of aromatic nitrogens is 2. The van der Waals surface area contributed by atoms with Crippen LogP contribution >= 0.6 is 0 Å². The maximum atomic E-state index is 12.8. The van der Waals surface area contributed by atoms with E-state index in [2.05, 4.69) is 26.6 Å². The molecule has 0 aliphatic carbocycles. The molecule has 0 saturated carbocycles. The van der Waals surface area contributed by atoms with Crippen molar-refractivity contribution in [2.75, 3.05) is 44.7 Å². The fourth-order valence-electron chi connectivity index (χ4n) is 4.42. The standard InChI is InChI=1S/C30H31N5O3/c1-34-21-26(19-28(34)30(37)31-12-13-35-14-16-38-17-15-35)33-29(36)24-10-8-22(9-11-24)6-7-23-18-25-4-2-3-5-27(25)32-20-23/h2-11,18-21H,12-17H2,1H3,(H,31,37)(H,33,36)/b7-6+. The summed E-state index contributed by atoms with van der Waals surface area (Å²) in [6, 6.07) is 19.2. The van der Waals surface area contributed by atoms with E-state index in [-0.39, 0.29) is 11.8 Å². The van der Waals surface area contributed by atoms with Gasteiger partial charge in [-0.25, -0.2) is 0 Å². The highest BCUT2D eigenvalue weighted by molar-refractivity contribution is 6.05. The number of hydrogen-bond donors (Lipinski definition) is 2. The molecular weight excluding hydrogens is 478 g/mol. The van der Waals surface area contributed by atoms with Gasteiger partial charge in [-0.05, 0) is 41.5 Å². The Labute approximate surface area is 221 Å². The number of fused-ring (bicyclic) bond motifs is 1. The minimum absolute atomic E-state index is 0.168. The molecule has 38 heavy (non-hydrogen) atoms. The molecule has 8 heteroatoms. The average molecular weight is 510 g/mol. The summed E-state index contributed by atoms with van der Waals surface area (Å²) in [5.74, 6) is -0.400. The summed E-state index contributed by atoms with van der Waals surface area (Å²) < 4.78 is 7.07. The van der Waals surface area contributed by atoms with E-state index >= 15 is 0 Å². The van der Waals surface area contributed by atoms with E-state index in [0.29, 0.717) is 23.5 Å². The summed E-state index contributed by atoms with van der Waals surface area (Å²) in [7, 11) is 1.79. The van der Waals surface area contributed by atoms with Crippen molar-refractivity contribution in [2.24, 2.45) is 7.05 Å². The summed E-state index contributed by atoms with van der Waals surface area (Å²) in [5.41, 5.74) is 4.56. The van der Waals surface area contributed by atoms with Crippen molar-refractivity contribution in [1.29, 1.82) is 0 Å². The molecule has 2 amide bonds. The van der Waals surface area contributed by atoms with Gasteiger partial charge in [-0.3, -0.25) is 19.5 Å². The number of nitrogens with zero attached hydrogens (tertiary/aromatic N) is 3. The smallest absolute Gasteiger partial charge is 0.268 e. The maximum absolute atomic E-state index is 12.8. The summed E-state index contributed by atoms with van der Waals surface area (Å²) in [4.78, 5) is 32.2. The number of amides is 2. The molecule has 1 fully saturated rings. The van der Waals surface area contributed by atoms with Crippen LogP contribution in [0.3, 0.4) is 0 Å². The third-order valence-electron chi connectivity index (χ3n) is 6.57. The minimum Gasteiger partial charge on any atom is -0.379 e. The van der Waals surface area contributed by atoms with E-state index in [1.807, 2.05) is 54.7 Å². The molecule has 1 aliphatic heterocycles. The first-order chi connectivity index (χ1) is 18.5. The van der Waals surface area contributed by atoms with Crippen LogP contribution in [0.15, 0.2) is 73.1 Å². The number of benzene rings is 2. The molecule has 0 bridgehead atoms. The first-order valence-electron chi connectivity index (χ1n) is 12.7. The zero-order valence-corrected chi connectivity index (χ0v) is 21.4. The van der Waals surface area contributed by atoms with Gasteiger partial charge in [-0.1, -0.05) is 42.5 Å². The highest BCUT2D eigenvalue weighted by Gasteiger charge is 2.15. The van der Waals surface area contributed by atoms with Gasteiger partial charge >= 0.3 is 0 Å². The lowest BCUT2D eigenvalue weighted by atomic mass is 10.1. The SMILES string of the molecule is Cn1cc(NC(=O)c2ccc(/C=C/c3cnc4ccccc4c3)cc2)cc1C(=O)NCCN1CCOCC1. The summed E-state index contributed by atoms with van der Waals surface area (Å²) in [6.07, 6.45) is 7.59. The first kappa shape index (κ1) is 25.4. The Morgan fingerprint density at radius 3 is 2.55 bits per heavy atom. The van der Waals surface area contributed by atoms with Crippen LogP contribution in [0.2, 0.25) is 0 Å². The second-order valence-electron chi connectivity index (χ2n) is 9.31. The van der Waals surface area contributed by atoms with Crippen LogP contribution < -0.4 is 10.6 Å².